The fourth-order valence-corrected chi connectivity index (χ4v) is 4.93. The Kier molecular flexibility index (Phi) is 7.22. The fourth-order valence-electron chi connectivity index (χ4n) is 4.93. The third kappa shape index (κ3) is 5.25. The third-order valence-corrected chi connectivity index (χ3v) is 7.04. The number of carbonyl (C=O) groups is 1. The maximum atomic E-state index is 15.4. The number of aromatic nitrogens is 4. The second-order valence-electron chi connectivity index (χ2n) is 9.76. The van der Waals surface area contributed by atoms with Crippen molar-refractivity contribution < 1.29 is 31.5 Å². The quantitative estimate of drug-likeness (QED) is 0.146. The topological polar surface area (TPSA) is 99.2 Å². The Morgan fingerprint density at radius 3 is 2.42 bits per heavy atom. The zero-order valence-corrected chi connectivity index (χ0v) is 22.1. The number of likely N-dealkylation sites (tertiary alicyclic amines) is 1. The average Bonchev–Trinajstić information content (AvgIpc) is 3.64. The lowest BCUT2D eigenvalue weighted by Crippen LogP contribution is -2.27. The van der Waals surface area contributed by atoms with E-state index in [0.717, 1.165) is 17.7 Å². The van der Waals surface area contributed by atoms with Crippen molar-refractivity contribution in [3.63, 3.8) is 0 Å². The van der Waals surface area contributed by atoms with Gasteiger partial charge in [0.05, 0.1) is 11.4 Å². The predicted molar refractivity (Wildman–Crippen MR) is 147 cm³/mol. The van der Waals surface area contributed by atoms with E-state index in [0.29, 0.717) is 25.2 Å². The van der Waals surface area contributed by atoms with Crippen molar-refractivity contribution in [1.29, 1.82) is 0 Å². The van der Waals surface area contributed by atoms with Gasteiger partial charge in [0.2, 0.25) is 23.3 Å². The number of halogens is 5. The summed E-state index contributed by atoms with van der Waals surface area (Å²) >= 11 is 0. The number of rotatable bonds is 6. The molecule has 3 aromatic carbocycles. The van der Waals surface area contributed by atoms with E-state index >= 15 is 4.39 Å². The summed E-state index contributed by atoms with van der Waals surface area (Å²) in [5.41, 5.74) is 7.36. The first-order valence-electron chi connectivity index (χ1n) is 13.0. The van der Waals surface area contributed by atoms with Gasteiger partial charge in [0, 0.05) is 36.9 Å². The Morgan fingerprint density at radius 1 is 0.953 bits per heavy atom. The van der Waals surface area contributed by atoms with Crippen LogP contribution in [0.5, 0.6) is 11.5 Å². The largest absolute Gasteiger partial charge is 0.451 e. The summed E-state index contributed by atoms with van der Waals surface area (Å²) < 4.78 is 77.3. The normalized spacial score (nSPS) is 15.1. The molecule has 5 aromatic rings. The van der Waals surface area contributed by atoms with Crippen LogP contribution in [0.2, 0.25) is 0 Å². The molecule has 1 amide bonds. The highest BCUT2D eigenvalue weighted by molar-refractivity contribution is 5.98. The maximum absolute atomic E-state index is 15.4. The van der Waals surface area contributed by atoms with Gasteiger partial charge in [-0.15, -0.1) is 0 Å². The van der Waals surface area contributed by atoms with Crippen LogP contribution in [0.1, 0.15) is 18.0 Å². The number of carbonyl (C=O) groups excluding carboxylic acids is 1. The van der Waals surface area contributed by atoms with Crippen molar-refractivity contribution in [3.05, 3.63) is 102 Å². The lowest BCUT2D eigenvalue weighted by molar-refractivity contribution is -0.125. The van der Waals surface area contributed by atoms with Crippen LogP contribution in [0.4, 0.5) is 27.8 Å². The zero-order valence-electron chi connectivity index (χ0n) is 22.1. The van der Waals surface area contributed by atoms with Gasteiger partial charge in [-0.1, -0.05) is 30.3 Å². The van der Waals surface area contributed by atoms with Crippen LogP contribution in [0.3, 0.4) is 0 Å². The van der Waals surface area contributed by atoms with Gasteiger partial charge >= 0.3 is 0 Å². The minimum Gasteiger partial charge on any atom is -0.451 e. The Bertz CT molecular complexity index is 1870. The summed E-state index contributed by atoms with van der Waals surface area (Å²) in [6.07, 6.45) is 5.02. The minimum atomic E-state index is -1.77. The molecule has 0 unspecified atom stereocenters. The van der Waals surface area contributed by atoms with Crippen molar-refractivity contribution in [3.8, 4) is 22.8 Å². The molecule has 2 aromatic heterocycles. The molecule has 1 atom stereocenters. The molecule has 0 spiro atoms. The molecule has 1 saturated heterocycles. The van der Waals surface area contributed by atoms with Crippen molar-refractivity contribution in [2.24, 2.45) is 0 Å². The number of anilines is 1. The summed E-state index contributed by atoms with van der Waals surface area (Å²) in [7, 11) is 0. The summed E-state index contributed by atoms with van der Waals surface area (Å²) in [4.78, 5) is 22.8. The molecular formula is C30H21F5N6O2. The second kappa shape index (κ2) is 11.2. The van der Waals surface area contributed by atoms with Crippen LogP contribution in [0.15, 0.2) is 67.0 Å². The number of nitrogens with zero attached hydrogens (tertiary/aromatic N) is 5. The van der Waals surface area contributed by atoms with Crippen LogP contribution in [0, 0.1) is 29.1 Å². The van der Waals surface area contributed by atoms with E-state index < -0.39 is 40.6 Å². The van der Waals surface area contributed by atoms with Gasteiger partial charge in [-0.3, -0.25) is 4.79 Å². The second-order valence-corrected chi connectivity index (χ2v) is 9.76. The van der Waals surface area contributed by atoms with E-state index in [1.165, 1.54) is 18.5 Å². The number of fused-ring (bicyclic) bond motifs is 1. The van der Waals surface area contributed by atoms with E-state index in [1.807, 2.05) is 30.3 Å². The lowest BCUT2D eigenvalue weighted by atomic mass is 10.1. The average molecular weight is 593 g/mol. The summed E-state index contributed by atoms with van der Waals surface area (Å²) in [6, 6.07) is 12.3. The monoisotopic (exact) mass is 592 g/mol. The summed E-state index contributed by atoms with van der Waals surface area (Å²) in [5, 5.41) is 4.85. The molecule has 6 rings (SSSR count). The lowest BCUT2D eigenvalue weighted by Gasteiger charge is -2.15. The van der Waals surface area contributed by atoms with Gasteiger partial charge in [0.1, 0.15) is 29.4 Å². The maximum Gasteiger partial charge on any atom is 0.246 e. The van der Waals surface area contributed by atoms with Crippen LogP contribution in [-0.4, -0.2) is 43.6 Å². The minimum absolute atomic E-state index is 0.0297. The van der Waals surface area contributed by atoms with Gasteiger partial charge in [0.15, 0.2) is 17.3 Å². The fraction of sp³-hybridized carbons (Fsp3) is 0.133. The van der Waals surface area contributed by atoms with Crippen LogP contribution >= 0.6 is 0 Å². The first-order chi connectivity index (χ1) is 20.7. The van der Waals surface area contributed by atoms with E-state index in [1.54, 1.807) is 15.7 Å². The molecule has 43 heavy (non-hydrogen) atoms. The van der Waals surface area contributed by atoms with Gasteiger partial charge in [0.25, 0.3) is 0 Å². The number of amides is 1. The predicted octanol–water partition coefficient (Wildman–Crippen LogP) is 6.05. The number of benzene rings is 3. The Balaban J connectivity index is 1.29. The van der Waals surface area contributed by atoms with Gasteiger partial charge in [-0.2, -0.15) is 13.9 Å². The van der Waals surface area contributed by atoms with Crippen LogP contribution in [-0.2, 0) is 4.79 Å². The van der Waals surface area contributed by atoms with Crippen molar-refractivity contribution in [1.82, 2.24) is 24.6 Å². The highest BCUT2D eigenvalue weighted by atomic mass is 19.2. The van der Waals surface area contributed by atoms with Crippen molar-refractivity contribution >= 4 is 28.8 Å². The van der Waals surface area contributed by atoms with Crippen LogP contribution < -0.4 is 10.5 Å². The number of hydrogen-bond acceptors (Lipinski definition) is 6. The highest BCUT2D eigenvalue weighted by Crippen LogP contribution is 2.37. The Morgan fingerprint density at radius 2 is 1.70 bits per heavy atom. The standard InChI is InChI=1S/C30H21F5N6O2/c31-20-12-18(43-28-25(34)21(32)13-22(33)26(28)35)7-8-19(20)27-24-29(36)37-15-38-30(24)41(39-27)17-10-11-40(14-17)23(42)9-6-16-4-2-1-3-5-16/h1-9,12-13,15,17H,10-11,14H2,(H2,36,37,38)/t17-/m1/s1. The first kappa shape index (κ1) is 27.8. The molecule has 0 radical (unpaired) electrons. The zero-order chi connectivity index (χ0) is 30.2. The molecule has 1 aliphatic rings. The smallest absolute Gasteiger partial charge is 0.246 e. The molecule has 218 valence electrons. The Hall–Kier alpha value is -5.33. The molecule has 8 nitrogen and oxygen atoms in total. The van der Waals surface area contributed by atoms with Gasteiger partial charge in [-0.05, 0) is 30.2 Å². The van der Waals surface area contributed by atoms with Crippen molar-refractivity contribution in [2.45, 2.75) is 12.5 Å². The van der Waals surface area contributed by atoms with E-state index in [-0.39, 0.29) is 40.5 Å². The van der Waals surface area contributed by atoms with Gasteiger partial charge < -0.3 is 15.4 Å². The molecule has 0 aliphatic carbocycles. The number of nitrogen functional groups attached to an aromatic ring is 1. The van der Waals surface area contributed by atoms with E-state index in [4.69, 9.17) is 10.5 Å². The summed E-state index contributed by atoms with van der Waals surface area (Å²) in [5.74, 6) is -9.72. The third-order valence-electron chi connectivity index (χ3n) is 7.04. The van der Waals surface area contributed by atoms with Crippen LogP contribution in [0.25, 0.3) is 28.4 Å². The molecule has 2 N–H and O–H groups in total. The van der Waals surface area contributed by atoms with E-state index in [2.05, 4.69) is 15.1 Å². The van der Waals surface area contributed by atoms with E-state index in [9.17, 15) is 22.4 Å². The molecule has 0 saturated carbocycles. The highest BCUT2D eigenvalue weighted by Gasteiger charge is 2.31. The molecule has 13 heteroatoms. The number of hydrogen-bond donors (Lipinski definition) is 1. The number of ether oxygens (including phenoxy) is 1. The SMILES string of the molecule is Nc1ncnc2c1c(-c1ccc(Oc3c(F)c(F)cc(F)c3F)cc1F)nn2[C@@H]1CCN(C(=O)C=Cc2ccccc2)C1. The molecule has 1 aliphatic heterocycles. The molecular weight excluding hydrogens is 571 g/mol. The van der Waals surface area contributed by atoms with Gasteiger partial charge in [-0.25, -0.2) is 27.8 Å². The molecule has 0 bridgehead atoms. The van der Waals surface area contributed by atoms with Crippen molar-refractivity contribution in [2.75, 3.05) is 18.8 Å². The molecule has 1 fully saturated rings. The number of nitrogens with two attached hydrogens (primary N) is 1. The first-order valence-corrected chi connectivity index (χ1v) is 13.0. The summed E-state index contributed by atoms with van der Waals surface area (Å²) in [6.45, 7) is 0.767. The Labute approximate surface area is 240 Å². The molecule has 3 heterocycles.